The minimum atomic E-state index is -0.578. The molecule has 0 heterocycles. The van der Waals surface area contributed by atoms with Crippen molar-refractivity contribution in [2.75, 3.05) is 0 Å². The fraction of sp³-hybridized carbons (Fsp3) is 0.533. The zero-order valence-electron chi connectivity index (χ0n) is 10.7. The van der Waals surface area contributed by atoms with Gasteiger partial charge in [-0.1, -0.05) is 41.4 Å². The first-order valence-corrected chi connectivity index (χ1v) is 7.25. The van der Waals surface area contributed by atoms with E-state index in [9.17, 15) is 5.26 Å². The standard InChI is InChI=1S/C15H18BrNO/c1-12-4-2-3-9-15(12,11-17)18-10-13-5-7-14(16)8-6-13/h5-8,12H,2-4,9-10H2,1H3/t12-,15-/m1/s1. The number of hydrogen-bond acceptors (Lipinski definition) is 2. The van der Waals surface area contributed by atoms with Gasteiger partial charge in [-0.2, -0.15) is 5.26 Å². The lowest BCUT2D eigenvalue weighted by molar-refractivity contribution is -0.0714. The van der Waals surface area contributed by atoms with Crippen molar-refractivity contribution in [3.05, 3.63) is 34.3 Å². The Labute approximate surface area is 117 Å². The molecular weight excluding hydrogens is 290 g/mol. The van der Waals surface area contributed by atoms with Gasteiger partial charge in [0.25, 0.3) is 0 Å². The Bertz CT molecular complexity index is 437. The molecule has 1 saturated carbocycles. The average molecular weight is 308 g/mol. The normalized spacial score (nSPS) is 27.7. The lowest BCUT2D eigenvalue weighted by Gasteiger charge is -2.36. The number of hydrogen-bond donors (Lipinski definition) is 0. The predicted molar refractivity (Wildman–Crippen MR) is 74.9 cm³/mol. The molecule has 18 heavy (non-hydrogen) atoms. The van der Waals surface area contributed by atoms with E-state index in [-0.39, 0.29) is 0 Å². The summed E-state index contributed by atoms with van der Waals surface area (Å²) in [5.74, 6) is 0.326. The van der Waals surface area contributed by atoms with Gasteiger partial charge in [0, 0.05) is 4.47 Å². The van der Waals surface area contributed by atoms with E-state index in [1.54, 1.807) is 0 Å². The molecule has 0 N–H and O–H groups in total. The van der Waals surface area contributed by atoms with Gasteiger partial charge < -0.3 is 4.74 Å². The van der Waals surface area contributed by atoms with Crippen LogP contribution in [0.5, 0.6) is 0 Å². The van der Waals surface area contributed by atoms with Gasteiger partial charge in [0.1, 0.15) is 0 Å². The summed E-state index contributed by atoms with van der Waals surface area (Å²) >= 11 is 3.41. The molecule has 0 radical (unpaired) electrons. The highest BCUT2D eigenvalue weighted by Gasteiger charge is 2.39. The van der Waals surface area contributed by atoms with Crippen LogP contribution in [0.1, 0.15) is 38.2 Å². The van der Waals surface area contributed by atoms with Gasteiger partial charge in [-0.05, 0) is 42.9 Å². The summed E-state index contributed by atoms with van der Waals surface area (Å²) in [6, 6.07) is 10.5. The Hall–Kier alpha value is -0.850. The Balaban J connectivity index is 2.03. The van der Waals surface area contributed by atoms with Gasteiger partial charge in [0.2, 0.25) is 0 Å². The molecule has 96 valence electrons. The maximum atomic E-state index is 9.45. The molecule has 1 aliphatic rings. The number of halogens is 1. The van der Waals surface area contributed by atoms with E-state index in [1.807, 2.05) is 24.3 Å². The van der Waals surface area contributed by atoms with Crippen LogP contribution in [0.25, 0.3) is 0 Å². The molecule has 1 aromatic carbocycles. The SMILES string of the molecule is C[C@@H]1CCCC[C@]1(C#N)OCc1ccc(Br)cc1. The Morgan fingerprint density at radius 2 is 2.11 bits per heavy atom. The van der Waals surface area contributed by atoms with Gasteiger partial charge >= 0.3 is 0 Å². The maximum absolute atomic E-state index is 9.45. The zero-order chi connectivity index (χ0) is 13.0. The van der Waals surface area contributed by atoms with Crippen LogP contribution in [0.15, 0.2) is 28.7 Å². The number of benzene rings is 1. The molecule has 1 aliphatic carbocycles. The van der Waals surface area contributed by atoms with Crippen molar-refractivity contribution < 1.29 is 4.74 Å². The van der Waals surface area contributed by atoms with Gasteiger partial charge in [-0.25, -0.2) is 0 Å². The van der Waals surface area contributed by atoms with Crippen LogP contribution in [-0.4, -0.2) is 5.60 Å². The van der Waals surface area contributed by atoms with Crippen LogP contribution in [0.2, 0.25) is 0 Å². The second kappa shape index (κ2) is 5.86. The van der Waals surface area contributed by atoms with Crippen molar-refractivity contribution in [1.29, 1.82) is 5.26 Å². The minimum Gasteiger partial charge on any atom is -0.355 e. The molecule has 0 aromatic heterocycles. The van der Waals surface area contributed by atoms with Gasteiger partial charge in [0.05, 0.1) is 12.7 Å². The molecule has 2 rings (SSSR count). The van der Waals surface area contributed by atoms with Crippen molar-refractivity contribution in [2.45, 2.75) is 44.8 Å². The fourth-order valence-corrected chi connectivity index (χ4v) is 2.79. The largest absolute Gasteiger partial charge is 0.355 e. The fourth-order valence-electron chi connectivity index (χ4n) is 2.52. The van der Waals surface area contributed by atoms with Crippen LogP contribution in [0.3, 0.4) is 0 Å². The van der Waals surface area contributed by atoms with Crippen molar-refractivity contribution >= 4 is 15.9 Å². The van der Waals surface area contributed by atoms with Crippen LogP contribution < -0.4 is 0 Å². The van der Waals surface area contributed by atoms with E-state index < -0.39 is 5.60 Å². The Kier molecular flexibility index (Phi) is 4.42. The van der Waals surface area contributed by atoms with Crippen LogP contribution in [0.4, 0.5) is 0 Å². The molecule has 1 fully saturated rings. The first-order valence-electron chi connectivity index (χ1n) is 6.46. The molecule has 2 atom stereocenters. The number of nitriles is 1. The lowest BCUT2D eigenvalue weighted by atomic mass is 9.77. The Morgan fingerprint density at radius 1 is 1.39 bits per heavy atom. The molecular formula is C15H18BrNO. The molecule has 1 aromatic rings. The van der Waals surface area contributed by atoms with E-state index >= 15 is 0 Å². The molecule has 0 unspecified atom stereocenters. The molecule has 2 nitrogen and oxygen atoms in total. The van der Waals surface area contributed by atoms with E-state index in [0.717, 1.165) is 29.3 Å². The molecule has 0 bridgehead atoms. The second-order valence-electron chi connectivity index (χ2n) is 5.06. The third kappa shape index (κ3) is 2.93. The van der Waals surface area contributed by atoms with E-state index in [2.05, 4.69) is 28.9 Å². The smallest absolute Gasteiger partial charge is 0.157 e. The summed E-state index contributed by atoms with van der Waals surface area (Å²) in [5, 5.41) is 9.45. The number of rotatable bonds is 3. The van der Waals surface area contributed by atoms with Crippen LogP contribution >= 0.6 is 15.9 Å². The second-order valence-corrected chi connectivity index (χ2v) is 5.98. The number of nitrogens with zero attached hydrogens (tertiary/aromatic N) is 1. The molecule has 0 amide bonds. The van der Waals surface area contributed by atoms with E-state index in [0.29, 0.717) is 12.5 Å². The first kappa shape index (κ1) is 13.6. The highest BCUT2D eigenvalue weighted by molar-refractivity contribution is 9.10. The van der Waals surface area contributed by atoms with Gasteiger partial charge in [-0.3, -0.25) is 0 Å². The highest BCUT2D eigenvalue weighted by Crippen LogP contribution is 2.36. The van der Waals surface area contributed by atoms with Crippen LogP contribution in [0, 0.1) is 17.2 Å². The summed E-state index contributed by atoms with van der Waals surface area (Å²) in [7, 11) is 0. The Morgan fingerprint density at radius 3 is 2.72 bits per heavy atom. The molecule has 3 heteroatoms. The van der Waals surface area contributed by atoms with Crippen molar-refractivity contribution in [3.63, 3.8) is 0 Å². The topological polar surface area (TPSA) is 33.0 Å². The summed E-state index contributed by atoms with van der Waals surface area (Å²) in [5.41, 5.74) is 0.538. The monoisotopic (exact) mass is 307 g/mol. The molecule has 0 saturated heterocycles. The number of ether oxygens (including phenoxy) is 1. The lowest BCUT2D eigenvalue weighted by Crippen LogP contribution is -2.40. The summed E-state index contributed by atoms with van der Waals surface area (Å²) in [6.45, 7) is 2.65. The van der Waals surface area contributed by atoms with E-state index in [1.165, 1.54) is 6.42 Å². The van der Waals surface area contributed by atoms with Crippen molar-refractivity contribution in [2.24, 2.45) is 5.92 Å². The summed E-state index contributed by atoms with van der Waals surface area (Å²) in [4.78, 5) is 0. The highest BCUT2D eigenvalue weighted by atomic mass is 79.9. The van der Waals surface area contributed by atoms with Crippen molar-refractivity contribution in [1.82, 2.24) is 0 Å². The minimum absolute atomic E-state index is 0.326. The third-order valence-electron chi connectivity index (χ3n) is 3.83. The zero-order valence-corrected chi connectivity index (χ0v) is 12.2. The summed E-state index contributed by atoms with van der Waals surface area (Å²) in [6.07, 6.45) is 4.26. The molecule has 0 spiro atoms. The quantitative estimate of drug-likeness (QED) is 0.827. The maximum Gasteiger partial charge on any atom is 0.157 e. The van der Waals surface area contributed by atoms with E-state index in [4.69, 9.17) is 4.74 Å². The third-order valence-corrected chi connectivity index (χ3v) is 4.36. The van der Waals surface area contributed by atoms with Crippen LogP contribution in [-0.2, 0) is 11.3 Å². The van der Waals surface area contributed by atoms with Crippen molar-refractivity contribution in [3.8, 4) is 6.07 Å². The first-order chi connectivity index (χ1) is 8.66. The average Bonchev–Trinajstić information content (AvgIpc) is 2.40. The summed E-state index contributed by atoms with van der Waals surface area (Å²) < 4.78 is 7.04. The predicted octanol–water partition coefficient (Wildman–Crippen LogP) is 4.44. The molecule has 0 aliphatic heterocycles. The van der Waals surface area contributed by atoms with Gasteiger partial charge in [0.15, 0.2) is 5.60 Å². The van der Waals surface area contributed by atoms with Gasteiger partial charge in [-0.15, -0.1) is 0 Å².